The molecule has 5 nitrogen and oxygen atoms in total. The third kappa shape index (κ3) is 3.87. The summed E-state index contributed by atoms with van der Waals surface area (Å²) in [5.74, 6) is 0.820. The molecule has 1 N–H and O–H groups in total. The molecule has 0 saturated heterocycles. The van der Waals surface area contributed by atoms with Crippen LogP contribution in [0, 0.1) is 0 Å². The summed E-state index contributed by atoms with van der Waals surface area (Å²) in [5.41, 5.74) is 1.44. The molecule has 0 aliphatic heterocycles. The number of ketones is 1. The molecule has 0 unspecified atom stereocenters. The fourth-order valence-corrected chi connectivity index (χ4v) is 2.27. The summed E-state index contributed by atoms with van der Waals surface area (Å²) in [7, 11) is 6.77. The highest BCUT2D eigenvalue weighted by Crippen LogP contribution is 2.29. The van der Waals surface area contributed by atoms with Crippen LogP contribution in [0.15, 0.2) is 48.7 Å². The van der Waals surface area contributed by atoms with E-state index in [-0.39, 0.29) is 17.1 Å². The SMILES string of the molecule is COc1ccc(/C(=C\N(C)C)C(=O)c2ccc(OC)cc2O)cc1. The van der Waals surface area contributed by atoms with Crippen LogP contribution in [-0.2, 0) is 0 Å². The van der Waals surface area contributed by atoms with Gasteiger partial charge in [-0.05, 0) is 29.8 Å². The fraction of sp³-hybridized carbons (Fsp3) is 0.211. The number of aromatic hydroxyl groups is 1. The number of ether oxygens (including phenoxy) is 2. The lowest BCUT2D eigenvalue weighted by atomic mass is 9.96. The summed E-state index contributed by atoms with van der Waals surface area (Å²) in [6.07, 6.45) is 1.73. The maximum Gasteiger partial charge on any atom is 0.198 e. The Bertz CT molecular complexity index is 748. The van der Waals surface area contributed by atoms with E-state index in [2.05, 4.69) is 0 Å². The molecule has 0 aliphatic rings. The zero-order valence-corrected chi connectivity index (χ0v) is 14.2. The zero-order chi connectivity index (χ0) is 17.7. The largest absolute Gasteiger partial charge is 0.507 e. The molecule has 0 radical (unpaired) electrons. The highest BCUT2D eigenvalue weighted by Gasteiger charge is 2.19. The van der Waals surface area contributed by atoms with Gasteiger partial charge >= 0.3 is 0 Å². The molecule has 2 rings (SSSR count). The lowest BCUT2D eigenvalue weighted by molar-refractivity contribution is 0.105. The Kier molecular flexibility index (Phi) is 5.47. The van der Waals surface area contributed by atoms with Gasteiger partial charge in [0.05, 0.1) is 19.8 Å². The molecule has 24 heavy (non-hydrogen) atoms. The summed E-state index contributed by atoms with van der Waals surface area (Å²) in [6.45, 7) is 0. The Labute approximate surface area is 141 Å². The van der Waals surface area contributed by atoms with E-state index in [0.717, 1.165) is 5.56 Å². The van der Waals surface area contributed by atoms with E-state index in [1.165, 1.54) is 13.2 Å². The van der Waals surface area contributed by atoms with Crippen molar-refractivity contribution in [3.05, 3.63) is 59.8 Å². The molecule has 126 valence electrons. The molecule has 2 aromatic carbocycles. The van der Waals surface area contributed by atoms with E-state index in [1.54, 1.807) is 42.5 Å². The predicted octanol–water partition coefficient (Wildman–Crippen LogP) is 3.19. The fourth-order valence-electron chi connectivity index (χ4n) is 2.27. The predicted molar refractivity (Wildman–Crippen MR) is 93.6 cm³/mol. The van der Waals surface area contributed by atoms with Crippen molar-refractivity contribution >= 4 is 11.4 Å². The lowest BCUT2D eigenvalue weighted by Gasteiger charge is -2.13. The molecule has 0 saturated carbocycles. The van der Waals surface area contributed by atoms with Crippen molar-refractivity contribution in [2.75, 3.05) is 28.3 Å². The minimum Gasteiger partial charge on any atom is -0.507 e. The van der Waals surface area contributed by atoms with Gasteiger partial charge in [0.15, 0.2) is 5.78 Å². The van der Waals surface area contributed by atoms with Crippen molar-refractivity contribution in [2.45, 2.75) is 0 Å². The van der Waals surface area contributed by atoms with E-state index >= 15 is 0 Å². The van der Waals surface area contributed by atoms with E-state index in [0.29, 0.717) is 17.1 Å². The standard InChI is InChI=1S/C19H21NO4/c1-20(2)12-17(13-5-7-14(23-3)8-6-13)19(22)16-10-9-15(24-4)11-18(16)21/h5-12,21H,1-4H3/b17-12+. The third-order valence-electron chi connectivity index (χ3n) is 3.48. The van der Waals surface area contributed by atoms with Gasteiger partial charge in [-0.15, -0.1) is 0 Å². The maximum atomic E-state index is 12.9. The van der Waals surface area contributed by atoms with Crippen molar-refractivity contribution in [1.82, 2.24) is 4.90 Å². The summed E-state index contributed by atoms with van der Waals surface area (Å²) < 4.78 is 10.2. The van der Waals surface area contributed by atoms with Gasteiger partial charge in [-0.25, -0.2) is 0 Å². The first-order chi connectivity index (χ1) is 11.5. The molecule has 0 bridgehead atoms. The minimum absolute atomic E-state index is 0.113. The summed E-state index contributed by atoms with van der Waals surface area (Å²) in [5, 5.41) is 10.1. The number of phenols is 1. The number of benzene rings is 2. The number of methoxy groups -OCH3 is 2. The molecule has 0 heterocycles. The van der Waals surface area contributed by atoms with Gasteiger partial charge in [0, 0.05) is 31.9 Å². The van der Waals surface area contributed by atoms with Crippen molar-refractivity contribution < 1.29 is 19.4 Å². The molecule has 2 aromatic rings. The second kappa shape index (κ2) is 7.55. The second-order valence-electron chi connectivity index (χ2n) is 5.45. The highest BCUT2D eigenvalue weighted by atomic mass is 16.5. The monoisotopic (exact) mass is 327 g/mol. The first-order valence-corrected chi connectivity index (χ1v) is 7.40. The van der Waals surface area contributed by atoms with Gasteiger partial charge in [0.2, 0.25) is 0 Å². The van der Waals surface area contributed by atoms with Crippen LogP contribution < -0.4 is 9.47 Å². The van der Waals surface area contributed by atoms with Crippen LogP contribution in [-0.4, -0.2) is 44.1 Å². The average Bonchev–Trinajstić information content (AvgIpc) is 2.59. The summed E-state index contributed by atoms with van der Waals surface area (Å²) in [4.78, 5) is 14.7. The van der Waals surface area contributed by atoms with Gasteiger partial charge in [0.25, 0.3) is 0 Å². The average molecular weight is 327 g/mol. The van der Waals surface area contributed by atoms with Gasteiger partial charge in [-0.1, -0.05) is 12.1 Å². The Morgan fingerprint density at radius 3 is 2.08 bits per heavy atom. The van der Waals surface area contributed by atoms with Crippen molar-refractivity contribution in [3.63, 3.8) is 0 Å². The maximum absolute atomic E-state index is 12.9. The number of hydrogen-bond acceptors (Lipinski definition) is 5. The number of Topliss-reactive ketones (excluding diaryl/α,β-unsaturated/α-hetero) is 1. The number of allylic oxidation sites excluding steroid dienone is 1. The Morgan fingerprint density at radius 2 is 1.58 bits per heavy atom. The molecule has 0 atom stereocenters. The van der Waals surface area contributed by atoms with Crippen molar-refractivity contribution in [2.24, 2.45) is 0 Å². The first-order valence-electron chi connectivity index (χ1n) is 7.40. The molecular formula is C19H21NO4. The highest BCUT2D eigenvalue weighted by molar-refractivity contribution is 6.29. The third-order valence-corrected chi connectivity index (χ3v) is 3.48. The van der Waals surface area contributed by atoms with Crippen LogP contribution in [0.3, 0.4) is 0 Å². The number of carbonyl (C=O) groups excluding carboxylic acids is 1. The van der Waals surface area contributed by atoms with Crippen LogP contribution in [0.5, 0.6) is 17.2 Å². The van der Waals surface area contributed by atoms with E-state index in [1.807, 2.05) is 26.2 Å². The Hall–Kier alpha value is -2.95. The smallest absolute Gasteiger partial charge is 0.198 e. The number of carbonyl (C=O) groups is 1. The summed E-state index contributed by atoms with van der Waals surface area (Å²) >= 11 is 0. The number of hydrogen-bond donors (Lipinski definition) is 1. The second-order valence-corrected chi connectivity index (χ2v) is 5.45. The van der Waals surface area contributed by atoms with Crippen LogP contribution in [0.2, 0.25) is 0 Å². The van der Waals surface area contributed by atoms with Gasteiger partial charge in [-0.2, -0.15) is 0 Å². The van der Waals surface area contributed by atoms with Crippen LogP contribution in [0.1, 0.15) is 15.9 Å². The first kappa shape index (κ1) is 17.4. The number of nitrogens with zero attached hydrogens (tertiary/aromatic N) is 1. The van der Waals surface area contributed by atoms with E-state index in [9.17, 15) is 9.90 Å². The van der Waals surface area contributed by atoms with Gasteiger partial charge < -0.3 is 19.5 Å². The summed E-state index contributed by atoms with van der Waals surface area (Å²) in [6, 6.07) is 11.8. The molecule has 0 spiro atoms. The quantitative estimate of drug-likeness (QED) is 0.652. The molecule has 0 amide bonds. The molecule has 0 aromatic heterocycles. The Morgan fingerprint density at radius 1 is 1.00 bits per heavy atom. The normalized spacial score (nSPS) is 11.1. The van der Waals surface area contributed by atoms with E-state index < -0.39 is 0 Å². The number of phenolic OH excluding ortho intramolecular Hbond substituents is 1. The van der Waals surface area contributed by atoms with Crippen LogP contribution >= 0.6 is 0 Å². The van der Waals surface area contributed by atoms with Gasteiger partial charge in [0.1, 0.15) is 17.2 Å². The molecular weight excluding hydrogens is 306 g/mol. The minimum atomic E-state index is -0.269. The lowest BCUT2D eigenvalue weighted by Crippen LogP contribution is -2.09. The van der Waals surface area contributed by atoms with Crippen molar-refractivity contribution in [3.8, 4) is 17.2 Å². The number of rotatable bonds is 6. The van der Waals surface area contributed by atoms with E-state index in [4.69, 9.17) is 9.47 Å². The molecule has 0 fully saturated rings. The van der Waals surface area contributed by atoms with Crippen LogP contribution in [0.25, 0.3) is 5.57 Å². The zero-order valence-electron chi connectivity index (χ0n) is 14.2. The topological polar surface area (TPSA) is 59.0 Å². The van der Waals surface area contributed by atoms with Crippen LogP contribution in [0.4, 0.5) is 0 Å². The molecule has 0 aliphatic carbocycles. The molecule has 5 heteroatoms. The Balaban J connectivity index is 2.46. The van der Waals surface area contributed by atoms with Gasteiger partial charge in [-0.3, -0.25) is 4.79 Å². The van der Waals surface area contributed by atoms with Crippen molar-refractivity contribution in [1.29, 1.82) is 0 Å².